The van der Waals surface area contributed by atoms with Crippen molar-refractivity contribution in [3.05, 3.63) is 45.7 Å². The van der Waals surface area contributed by atoms with Gasteiger partial charge in [0, 0.05) is 10.5 Å². The van der Waals surface area contributed by atoms with Gasteiger partial charge in [0.25, 0.3) is 0 Å². The molecule has 0 saturated heterocycles. The van der Waals surface area contributed by atoms with Crippen LogP contribution >= 0.6 is 15.9 Å². The van der Waals surface area contributed by atoms with E-state index in [1.807, 2.05) is 6.92 Å². The topological polar surface area (TPSA) is 40.7 Å². The largest absolute Gasteiger partial charge is 0.379 e. The maximum atomic E-state index is 4.22. The quantitative estimate of drug-likeness (QED) is 0.892. The van der Waals surface area contributed by atoms with Crippen LogP contribution in [0, 0.1) is 13.8 Å². The van der Waals surface area contributed by atoms with Gasteiger partial charge in [-0.15, -0.1) is 0 Å². The number of nitrogens with zero attached hydrogens (tertiary/aromatic N) is 1. The summed E-state index contributed by atoms with van der Waals surface area (Å²) in [4.78, 5) is 0. The lowest BCUT2D eigenvalue weighted by Gasteiger charge is -2.37. The summed E-state index contributed by atoms with van der Waals surface area (Å²) >= 11 is 3.48. The summed E-state index contributed by atoms with van der Waals surface area (Å²) in [7, 11) is 0. The summed E-state index contributed by atoms with van der Waals surface area (Å²) < 4.78 is 1.15. The van der Waals surface area contributed by atoms with Gasteiger partial charge in [-0.2, -0.15) is 5.10 Å². The molecular weight excluding hydrogens is 302 g/mol. The first-order chi connectivity index (χ1) is 9.13. The second kappa shape index (κ2) is 5.00. The van der Waals surface area contributed by atoms with E-state index < -0.39 is 0 Å². The second-order valence-electron chi connectivity index (χ2n) is 5.37. The highest BCUT2D eigenvalue weighted by Gasteiger charge is 2.30. The van der Waals surface area contributed by atoms with Crippen LogP contribution in [-0.2, 0) is 0 Å². The number of anilines is 1. The number of rotatable bonds is 3. The van der Waals surface area contributed by atoms with E-state index in [0.717, 1.165) is 15.9 Å². The van der Waals surface area contributed by atoms with E-state index in [1.54, 1.807) is 0 Å². The Kier molecular flexibility index (Phi) is 3.35. The molecule has 1 aliphatic carbocycles. The van der Waals surface area contributed by atoms with Crippen molar-refractivity contribution < 1.29 is 0 Å². The van der Waals surface area contributed by atoms with E-state index >= 15 is 0 Å². The van der Waals surface area contributed by atoms with Crippen molar-refractivity contribution >= 4 is 21.6 Å². The third kappa shape index (κ3) is 2.54. The highest BCUT2D eigenvalue weighted by atomic mass is 79.9. The molecule has 0 radical (unpaired) electrons. The van der Waals surface area contributed by atoms with Crippen LogP contribution in [0.5, 0.6) is 0 Å². The molecule has 19 heavy (non-hydrogen) atoms. The van der Waals surface area contributed by atoms with Gasteiger partial charge in [0.15, 0.2) is 0 Å². The minimum absolute atomic E-state index is 0.573. The highest BCUT2D eigenvalue weighted by Crippen LogP contribution is 2.39. The van der Waals surface area contributed by atoms with E-state index in [1.165, 1.54) is 24.1 Å². The Bertz CT molecular complexity index is 548. The van der Waals surface area contributed by atoms with Gasteiger partial charge in [0.05, 0.1) is 17.1 Å². The van der Waals surface area contributed by atoms with Gasteiger partial charge in [-0.1, -0.05) is 28.1 Å². The Hall–Kier alpha value is -1.29. The number of hydrogen-bond donors (Lipinski definition) is 2. The van der Waals surface area contributed by atoms with E-state index in [2.05, 4.69) is 62.6 Å². The summed E-state index contributed by atoms with van der Waals surface area (Å²) in [6.45, 7) is 4.10. The molecule has 3 rings (SSSR count). The second-order valence-corrected chi connectivity index (χ2v) is 6.29. The maximum Gasteiger partial charge on any atom is 0.0825 e. The van der Waals surface area contributed by atoms with Gasteiger partial charge in [0.1, 0.15) is 0 Å². The van der Waals surface area contributed by atoms with Crippen LogP contribution in [0.4, 0.5) is 5.69 Å². The number of halogens is 1. The lowest BCUT2D eigenvalue weighted by molar-refractivity contribution is 0.374. The highest BCUT2D eigenvalue weighted by molar-refractivity contribution is 9.10. The molecule has 1 aromatic heterocycles. The third-order valence-electron chi connectivity index (χ3n) is 3.96. The van der Waals surface area contributed by atoms with Crippen molar-refractivity contribution in [2.24, 2.45) is 0 Å². The lowest BCUT2D eigenvalue weighted by Crippen LogP contribution is -2.34. The molecule has 1 saturated carbocycles. The molecule has 3 nitrogen and oxygen atoms in total. The van der Waals surface area contributed by atoms with Crippen LogP contribution in [0.15, 0.2) is 28.7 Å². The number of hydrogen-bond acceptors (Lipinski definition) is 2. The van der Waals surface area contributed by atoms with Gasteiger partial charge in [-0.3, -0.25) is 5.10 Å². The van der Waals surface area contributed by atoms with Crippen molar-refractivity contribution in [2.45, 2.75) is 38.6 Å². The number of aromatic amines is 1. The molecule has 1 aromatic carbocycles. The molecule has 0 amide bonds. The summed E-state index contributed by atoms with van der Waals surface area (Å²) in [5.74, 6) is 0.693. The Morgan fingerprint density at radius 3 is 2.47 bits per heavy atom. The molecule has 0 aliphatic heterocycles. The molecule has 0 bridgehead atoms. The van der Waals surface area contributed by atoms with Crippen LogP contribution in [0.25, 0.3) is 0 Å². The Balaban J connectivity index is 1.60. The van der Waals surface area contributed by atoms with Gasteiger partial charge < -0.3 is 5.32 Å². The van der Waals surface area contributed by atoms with E-state index in [4.69, 9.17) is 0 Å². The zero-order valence-corrected chi connectivity index (χ0v) is 12.8. The Morgan fingerprint density at radius 2 is 1.89 bits per heavy atom. The van der Waals surface area contributed by atoms with Crippen molar-refractivity contribution in [3.8, 4) is 0 Å². The van der Waals surface area contributed by atoms with Crippen LogP contribution in [-0.4, -0.2) is 16.2 Å². The summed E-state index contributed by atoms with van der Waals surface area (Å²) in [6, 6.07) is 9.27. The van der Waals surface area contributed by atoms with Gasteiger partial charge >= 0.3 is 0 Å². The van der Waals surface area contributed by atoms with Crippen molar-refractivity contribution in [1.29, 1.82) is 0 Å². The monoisotopic (exact) mass is 319 g/mol. The van der Waals surface area contributed by atoms with Crippen molar-refractivity contribution in [1.82, 2.24) is 10.2 Å². The average Bonchev–Trinajstić information content (AvgIpc) is 2.66. The van der Waals surface area contributed by atoms with Crippen molar-refractivity contribution in [2.75, 3.05) is 5.32 Å². The van der Waals surface area contributed by atoms with Crippen LogP contribution < -0.4 is 5.32 Å². The minimum atomic E-state index is 0.573. The van der Waals surface area contributed by atoms with Gasteiger partial charge in [0.2, 0.25) is 0 Å². The van der Waals surface area contributed by atoms with Crippen LogP contribution in [0.1, 0.15) is 35.7 Å². The lowest BCUT2D eigenvalue weighted by atomic mass is 9.76. The average molecular weight is 320 g/mol. The zero-order valence-electron chi connectivity index (χ0n) is 11.2. The predicted octanol–water partition coefficient (Wildman–Crippen LogP) is 4.15. The Labute approximate surface area is 121 Å². The normalized spacial score (nSPS) is 22.1. The molecule has 1 aliphatic rings. The number of aryl methyl sites for hydroxylation is 2. The summed E-state index contributed by atoms with van der Waals surface area (Å²) in [5, 5.41) is 10.8. The fraction of sp³-hybridized carbons (Fsp3) is 0.400. The third-order valence-corrected chi connectivity index (χ3v) is 4.48. The van der Waals surface area contributed by atoms with Crippen LogP contribution in [0.3, 0.4) is 0 Å². The smallest absolute Gasteiger partial charge is 0.0825 e. The molecule has 0 atom stereocenters. The first-order valence-electron chi connectivity index (χ1n) is 6.67. The molecule has 2 N–H and O–H groups in total. The molecule has 0 unspecified atom stereocenters. The van der Waals surface area contributed by atoms with Crippen molar-refractivity contribution in [3.63, 3.8) is 0 Å². The molecule has 1 fully saturated rings. The fourth-order valence-corrected chi connectivity index (χ4v) is 2.97. The van der Waals surface area contributed by atoms with E-state index in [0.29, 0.717) is 12.0 Å². The van der Waals surface area contributed by atoms with Gasteiger partial charge in [-0.25, -0.2) is 0 Å². The molecule has 1 heterocycles. The standard InChI is InChI=1S/C15H18BrN3/c1-9-15(10(2)19-18-9)17-14-7-12(8-14)11-3-5-13(16)6-4-11/h3-6,12,14,17H,7-8H2,1-2H3,(H,18,19). The fourth-order valence-electron chi connectivity index (χ4n) is 2.71. The number of H-pyrrole nitrogens is 1. The molecule has 4 heteroatoms. The predicted molar refractivity (Wildman–Crippen MR) is 81.6 cm³/mol. The molecular formula is C15H18BrN3. The first-order valence-corrected chi connectivity index (χ1v) is 7.46. The summed E-state index contributed by atoms with van der Waals surface area (Å²) in [5.41, 5.74) is 4.82. The SMILES string of the molecule is Cc1n[nH]c(C)c1NC1CC(c2ccc(Br)cc2)C1. The molecule has 2 aromatic rings. The first kappa shape index (κ1) is 12.7. The summed E-state index contributed by atoms with van der Waals surface area (Å²) in [6.07, 6.45) is 2.40. The number of nitrogens with one attached hydrogen (secondary N) is 2. The zero-order chi connectivity index (χ0) is 13.4. The molecule has 100 valence electrons. The Morgan fingerprint density at radius 1 is 1.21 bits per heavy atom. The maximum absolute atomic E-state index is 4.22. The minimum Gasteiger partial charge on any atom is -0.379 e. The van der Waals surface area contributed by atoms with Gasteiger partial charge in [-0.05, 0) is 50.3 Å². The van der Waals surface area contributed by atoms with E-state index in [-0.39, 0.29) is 0 Å². The number of benzene rings is 1. The number of aromatic nitrogens is 2. The van der Waals surface area contributed by atoms with E-state index in [9.17, 15) is 0 Å². The van der Waals surface area contributed by atoms with Crippen LogP contribution in [0.2, 0.25) is 0 Å². The molecule has 0 spiro atoms.